The fourth-order valence-electron chi connectivity index (χ4n) is 2.15. The number of methoxy groups -OCH3 is 1. The lowest BCUT2D eigenvalue weighted by atomic mass is 10.2. The molecule has 0 aliphatic carbocycles. The van der Waals surface area contributed by atoms with E-state index in [1.165, 1.54) is 18.4 Å². The first kappa shape index (κ1) is 17.8. The summed E-state index contributed by atoms with van der Waals surface area (Å²) in [6.07, 6.45) is -0.326. The molecule has 0 atom stereocenters. The van der Waals surface area contributed by atoms with Gasteiger partial charge in [-0.05, 0) is 20.8 Å². The summed E-state index contributed by atoms with van der Waals surface area (Å²) in [6, 6.07) is 0. The Morgan fingerprint density at radius 3 is 2.35 bits per heavy atom. The number of piperazine rings is 1. The van der Waals surface area contributed by atoms with Gasteiger partial charge in [0.2, 0.25) is 0 Å². The van der Waals surface area contributed by atoms with Crippen LogP contribution in [0.5, 0.6) is 0 Å². The molecule has 0 aromatic carbocycles. The van der Waals surface area contributed by atoms with Crippen molar-refractivity contribution in [2.45, 2.75) is 26.4 Å². The molecule has 23 heavy (non-hydrogen) atoms. The first-order chi connectivity index (χ1) is 10.7. The molecule has 9 heteroatoms. The van der Waals surface area contributed by atoms with Crippen LogP contribution < -0.4 is 4.90 Å². The third kappa shape index (κ3) is 4.48. The Balaban J connectivity index is 2.02. The molecule has 0 radical (unpaired) electrons. The van der Waals surface area contributed by atoms with Gasteiger partial charge >= 0.3 is 12.1 Å². The van der Waals surface area contributed by atoms with E-state index < -0.39 is 11.6 Å². The van der Waals surface area contributed by atoms with Crippen molar-refractivity contribution in [1.29, 1.82) is 0 Å². The fourth-order valence-corrected chi connectivity index (χ4v) is 3.29. The average molecular weight is 362 g/mol. The Hall–Kier alpha value is -1.54. The molecule has 0 spiro atoms. The number of thiazole rings is 1. The monoisotopic (exact) mass is 361 g/mol. The van der Waals surface area contributed by atoms with Gasteiger partial charge in [0.15, 0.2) is 10.2 Å². The van der Waals surface area contributed by atoms with E-state index in [9.17, 15) is 9.59 Å². The molecule has 1 fully saturated rings. The molecule has 0 N–H and O–H groups in total. The van der Waals surface area contributed by atoms with Crippen LogP contribution in [0.25, 0.3) is 0 Å². The molecule has 1 aliphatic heterocycles. The molecular formula is C14H20ClN3O4S. The second kappa shape index (κ2) is 6.92. The van der Waals surface area contributed by atoms with E-state index in [0.29, 0.717) is 31.2 Å². The summed E-state index contributed by atoms with van der Waals surface area (Å²) in [5.41, 5.74) is -0.300. The van der Waals surface area contributed by atoms with Crippen molar-refractivity contribution in [3.8, 4) is 0 Å². The summed E-state index contributed by atoms with van der Waals surface area (Å²) in [7, 11) is 1.31. The van der Waals surface area contributed by atoms with Crippen LogP contribution in [0.4, 0.5) is 9.80 Å². The molecule has 2 heterocycles. The van der Waals surface area contributed by atoms with Gasteiger partial charge in [-0.25, -0.2) is 14.6 Å². The van der Waals surface area contributed by atoms with E-state index in [2.05, 4.69) is 4.98 Å². The van der Waals surface area contributed by atoms with Crippen molar-refractivity contribution in [2.24, 2.45) is 0 Å². The van der Waals surface area contributed by atoms with Crippen molar-refractivity contribution in [3.05, 3.63) is 10.2 Å². The highest BCUT2D eigenvalue weighted by Crippen LogP contribution is 2.32. The quantitative estimate of drug-likeness (QED) is 0.754. The van der Waals surface area contributed by atoms with Crippen LogP contribution in [-0.2, 0) is 9.47 Å². The number of carbonyl (C=O) groups is 2. The highest BCUT2D eigenvalue weighted by molar-refractivity contribution is 7.19. The lowest BCUT2D eigenvalue weighted by Crippen LogP contribution is -2.50. The van der Waals surface area contributed by atoms with Gasteiger partial charge in [0.25, 0.3) is 0 Å². The fraction of sp³-hybridized carbons (Fsp3) is 0.643. The van der Waals surface area contributed by atoms with Crippen molar-refractivity contribution in [1.82, 2.24) is 9.88 Å². The Kier molecular flexibility index (Phi) is 5.36. The molecule has 0 unspecified atom stereocenters. The normalized spacial score (nSPS) is 15.5. The second-order valence-corrected chi connectivity index (χ2v) is 7.63. The summed E-state index contributed by atoms with van der Waals surface area (Å²) >= 11 is 7.15. The first-order valence-electron chi connectivity index (χ1n) is 7.19. The van der Waals surface area contributed by atoms with E-state index in [1.807, 2.05) is 25.7 Å². The molecule has 1 aromatic rings. The number of hydrogen-bond donors (Lipinski definition) is 0. The smallest absolute Gasteiger partial charge is 0.410 e. The molecule has 0 bridgehead atoms. The minimum Gasteiger partial charge on any atom is -0.464 e. The molecule has 1 saturated heterocycles. The maximum absolute atomic E-state index is 12.1. The van der Waals surface area contributed by atoms with Gasteiger partial charge in [0.1, 0.15) is 10.6 Å². The van der Waals surface area contributed by atoms with E-state index in [1.54, 1.807) is 4.90 Å². The van der Waals surface area contributed by atoms with Crippen molar-refractivity contribution in [3.63, 3.8) is 0 Å². The molecule has 0 saturated carbocycles. The number of hydrogen-bond acceptors (Lipinski definition) is 7. The van der Waals surface area contributed by atoms with Gasteiger partial charge in [-0.2, -0.15) is 0 Å². The van der Waals surface area contributed by atoms with Gasteiger partial charge in [-0.3, -0.25) is 0 Å². The topological polar surface area (TPSA) is 72.0 Å². The Morgan fingerprint density at radius 1 is 1.22 bits per heavy atom. The number of rotatable bonds is 2. The molecule has 1 aliphatic rings. The summed E-state index contributed by atoms with van der Waals surface area (Å²) in [5, 5.41) is 0.672. The zero-order valence-corrected chi connectivity index (χ0v) is 15.2. The summed E-state index contributed by atoms with van der Waals surface area (Å²) in [4.78, 5) is 31.5. The zero-order chi connectivity index (χ0) is 17.2. The number of aromatic nitrogens is 1. The lowest BCUT2D eigenvalue weighted by Gasteiger charge is -2.36. The van der Waals surface area contributed by atoms with E-state index in [4.69, 9.17) is 21.1 Å². The molecule has 1 aromatic heterocycles. The number of ether oxygens (including phenoxy) is 2. The van der Waals surface area contributed by atoms with E-state index in [-0.39, 0.29) is 16.3 Å². The van der Waals surface area contributed by atoms with Gasteiger partial charge < -0.3 is 19.3 Å². The van der Waals surface area contributed by atoms with Crippen LogP contribution in [0, 0.1) is 0 Å². The highest BCUT2D eigenvalue weighted by Gasteiger charge is 2.29. The molecule has 2 rings (SSSR count). The molecular weight excluding hydrogens is 342 g/mol. The number of esters is 1. The van der Waals surface area contributed by atoms with Gasteiger partial charge in [0.05, 0.1) is 7.11 Å². The van der Waals surface area contributed by atoms with E-state index >= 15 is 0 Å². The van der Waals surface area contributed by atoms with E-state index in [0.717, 1.165) is 0 Å². The van der Waals surface area contributed by atoms with Crippen molar-refractivity contribution < 1.29 is 19.1 Å². The largest absolute Gasteiger partial charge is 0.464 e. The average Bonchev–Trinajstić information content (AvgIpc) is 2.87. The Morgan fingerprint density at radius 2 is 1.83 bits per heavy atom. The predicted molar refractivity (Wildman–Crippen MR) is 88.5 cm³/mol. The van der Waals surface area contributed by atoms with Crippen LogP contribution in [0.2, 0.25) is 4.47 Å². The highest BCUT2D eigenvalue weighted by atomic mass is 35.5. The van der Waals surface area contributed by atoms with Crippen molar-refractivity contribution >= 4 is 40.0 Å². The van der Waals surface area contributed by atoms with Crippen LogP contribution in [-0.4, -0.2) is 60.8 Å². The zero-order valence-electron chi connectivity index (χ0n) is 13.6. The maximum atomic E-state index is 12.1. The SMILES string of the molecule is COC(=O)c1nc(Cl)sc1N1CCN(C(=O)OC(C)(C)C)CC1. The third-order valence-corrected chi connectivity index (χ3v) is 4.40. The number of halogens is 1. The minimum absolute atomic E-state index is 0.216. The van der Waals surface area contributed by atoms with Gasteiger partial charge in [-0.1, -0.05) is 22.9 Å². The Bertz CT molecular complexity index is 591. The minimum atomic E-state index is -0.516. The second-order valence-electron chi connectivity index (χ2n) is 6.07. The standard InChI is InChI=1S/C14H20ClN3O4S/c1-14(2,3)22-13(20)18-7-5-17(6-8-18)10-9(11(19)21-4)16-12(15)23-10/h5-8H2,1-4H3. The molecule has 1 amide bonds. The molecule has 128 valence electrons. The first-order valence-corrected chi connectivity index (χ1v) is 8.38. The van der Waals surface area contributed by atoms with Crippen LogP contribution in [0.3, 0.4) is 0 Å². The number of carbonyl (C=O) groups excluding carboxylic acids is 2. The van der Waals surface area contributed by atoms with Gasteiger partial charge in [-0.15, -0.1) is 0 Å². The third-order valence-electron chi connectivity index (χ3n) is 3.18. The maximum Gasteiger partial charge on any atom is 0.410 e. The van der Waals surface area contributed by atoms with Crippen LogP contribution >= 0.6 is 22.9 Å². The lowest BCUT2D eigenvalue weighted by molar-refractivity contribution is 0.0240. The van der Waals surface area contributed by atoms with Crippen LogP contribution in [0.1, 0.15) is 31.3 Å². The predicted octanol–water partition coefficient (Wildman–Crippen LogP) is 2.64. The van der Waals surface area contributed by atoms with Gasteiger partial charge in [0, 0.05) is 26.2 Å². The van der Waals surface area contributed by atoms with Crippen molar-refractivity contribution in [2.75, 3.05) is 38.2 Å². The summed E-state index contributed by atoms with van der Waals surface area (Å²) < 4.78 is 10.4. The summed E-state index contributed by atoms with van der Waals surface area (Å²) in [6.45, 7) is 7.66. The number of amides is 1. The molecule has 7 nitrogen and oxygen atoms in total. The summed E-state index contributed by atoms with van der Waals surface area (Å²) in [5.74, 6) is -0.516. The van der Waals surface area contributed by atoms with Crippen LogP contribution in [0.15, 0.2) is 0 Å². The number of anilines is 1. The Labute approximate surface area is 144 Å². The number of nitrogens with zero attached hydrogens (tertiary/aromatic N) is 3.